The Bertz CT molecular complexity index is 366. The highest BCUT2D eigenvalue weighted by Gasteiger charge is 2.16. The minimum atomic E-state index is 0.0298. The van der Waals surface area contributed by atoms with Crippen LogP contribution < -0.4 is 15.4 Å². The van der Waals surface area contributed by atoms with Gasteiger partial charge in [0, 0.05) is 29.2 Å². The van der Waals surface area contributed by atoms with Gasteiger partial charge in [-0.05, 0) is 39.1 Å². The van der Waals surface area contributed by atoms with Crippen molar-refractivity contribution in [1.82, 2.24) is 10.6 Å². The van der Waals surface area contributed by atoms with Crippen molar-refractivity contribution in [3.63, 3.8) is 0 Å². The average molecular weight is 257 g/mol. The number of hydrogen-bond donors (Lipinski definition) is 2. The van der Waals surface area contributed by atoms with Gasteiger partial charge in [-0.2, -0.15) is 0 Å². The van der Waals surface area contributed by atoms with E-state index in [2.05, 4.69) is 24.5 Å². The van der Waals surface area contributed by atoms with Crippen LogP contribution >= 0.6 is 11.6 Å². The molecule has 0 amide bonds. The van der Waals surface area contributed by atoms with Gasteiger partial charge < -0.3 is 15.4 Å². The van der Waals surface area contributed by atoms with Gasteiger partial charge in [-0.3, -0.25) is 0 Å². The Labute approximate surface area is 109 Å². The molecule has 0 saturated carbocycles. The molecule has 0 aromatic heterocycles. The molecule has 4 heteroatoms. The minimum absolute atomic E-state index is 0.0298. The van der Waals surface area contributed by atoms with Gasteiger partial charge in [0.25, 0.3) is 0 Å². The van der Waals surface area contributed by atoms with Crippen molar-refractivity contribution in [2.45, 2.75) is 25.9 Å². The second kappa shape index (κ2) is 6.24. The molecular weight excluding hydrogens is 236 g/mol. The normalized spacial score (nSPS) is 11.6. The lowest BCUT2D eigenvalue weighted by atomic mass is 10.0. The molecule has 0 aliphatic heterocycles. The smallest absolute Gasteiger partial charge is 0.123 e. The zero-order chi connectivity index (χ0) is 12.9. The van der Waals surface area contributed by atoms with Crippen molar-refractivity contribution < 1.29 is 4.74 Å². The maximum atomic E-state index is 5.99. The standard InChI is InChI=1S/C13H21ClN2O/c1-13(2,9-15-3)16-8-10-7-11(14)5-6-12(10)17-4/h5-7,15-16H,8-9H2,1-4H3. The maximum absolute atomic E-state index is 5.99. The summed E-state index contributed by atoms with van der Waals surface area (Å²) in [5, 5.41) is 7.37. The Hall–Kier alpha value is -0.770. The number of hydrogen-bond acceptors (Lipinski definition) is 3. The van der Waals surface area contributed by atoms with Crippen LogP contribution in [0.2, 0.25) is 5.02 Å². The van der Waals surface area contributed by atoms with Crippen molar-refractivity contribution in [1.29, 1.82) is 0 Å². The summed E-state index contributed by atoms with van der Waals surface area (Å²) in [6.07, 6.45) is 0. The predicted molar refractivity (Wildman–Crippen MR) is 72.8 cm³/mol. The zero-order valence-electron chi connectivity index (χ0n) is 10.9. The number of methoxy groups -OCH3 is 1. The van der Waals surface area contributed by atoms with Gasteiger partial charge in [0.1, 0.15) is 5.75 Å². The number of ether oxygens (including phenoxy) is 1. The number of likely N-dealkylation sites (N-methyl/N-ethyl adjacent to an activating group) is 1. The summed E-state index contributed by atoms with van der Waals surface area (Å²) >= 11 is 5.99. The molecule has 0 saturated heterocycles. The summed E-state index contributed by atoms with van der Waals surface area (Å²) in [5.74, 6) is 0.863. The summed E-state index contributed by atoms with van der Waals surface area (Å²) in [7, 11) is 3.62. The van der Waals surface area contributed by atoms with Crippen LogP contribution in [0.25, 0.3) is 0 Å². The van der Waals surface area contributed by atoms with E-state index < -0.39 is 0 Å². The number of benzene rings is 1. The molecule has 1 rings (SSSR count). The van der Waals surface area contributed by atoms with E-state index in [-0.39, 0.29) is 5.54 Å². The predicted octanol–water partition coefficient (Wildman–Crippen LogP) is 2.44. The first-order valence-electron chi connectivity index (χ1n) is 5.70. The summed E-state index contributed by atoms with van der Waals surface area (Å²) < 4.78 is 5.31. The maximum Gasteiger partial charge on any atom is 0.123 e. The van der Waals surface area contributed by atoms with Crippen LogP contribution in [0.4, 0.5) is 0 Å². The molecule has 0 unspecified atom stereocenters. The molecular formula is C13H21ClN2O. The van der Waals surface area contributed by atoms with Crippen molar-refractivity contribution >= 4 is 11.6 Å². The van der Waals surface area contributed by atoms with E-state index in [0.29, 0.717) is 0 Å². The summed E-state index contributed by atoms with van der Waals surface area (Å²) in [5.41, 5.74) is 1.10. The Morgan fingerprint density at radius 1 is 1.35 bits per heavy atom. The van der Waals surface area contributed by atoms with Crippen LogP contribution in [0.3, 0.4) is 0 Å². The van der Waals surface area contributed by atoms with Gasteiger partial charge in [0.2, 0.25) is 0 Å². The molecule has 0 radical (unpaired) electrons. The fourth-order valence-electron chi connectivity index (χ4n) is 1.72. The van der Waals surface area contributed by atoms with Gasteiger partial charge >= 0.3 is 0 Å². The summed E-state index contributed by atoms with van der Waals surface area (Å²) in [6, 6.07) is 5.66. The number of rotatable bonds is 6. The highest BCUT2D eigenvalue weighted by atomic mass is 35.5. The van der Waals surface area contributed by atoms with Gasteiger partial charge in [-0.1, -0.05) is 11.6 Å². The molecule has 0 aliphatic rings. The van der Waals surface area contributed by atoms with Crippen LogP contribution in [-0.2, 0) is 6.54 Å². The lowest BCUT2D eigenvalue weighted by molar-refractivity contribution is 0.364. The lowest BCUT2D eigenvalue weighted by Crippen LogP contribution is -2.46. The monoisotopic (exact) mass is 256 g/mol. The van der Waals surface area contributed by atoms with Gasteiger partial charge in [-0.25, -0.2) is 0 Å². The molecule has 0 fully saturated rings. The Morgan fingerprint density at radius 3 is 2.65 bits per heavy atom. The first-order valence-corrected chi connectivity index (χ1v) is 6.08. The van der Waals surface area contributed by atoms with Crippen molar-refractivity contribution in [3.05, 3.63) is 28.8 Å². The fourth-order valence-corrected chi connectivity index (χ4v) is 1.92. The van der Waals surface area contributed by atoms with Crippen LogP contribution in [0.15, 0.2) is 18.2 Å². The third kappa shape index (κ3) is 4.54. The highest BCUT2D eigenvalue weighted by molar-refractivity contribution is 6.30. The quantitative estimate of drug-likeness (QED) is 0.820. The van der Waals surface area contributed by atoms with E-state index in [4.69, 9.17) is 16.3 Å². The fraction of sp³-hybridized carbons (Fsp3) is 0.538. The van der Waals surface area contributed by atoms with E-state index in [1.54, 1.807) is 7.11 Å². The summed E-state index contributed by atoms with van der Waals surface area (Å²) in [4.78, 5) is 0. The molecule has 2 N–H and O–H groups in total. The molecule has 0 bridgehead atoms. The lowest BCUT2D eigenvalue weighted by Gasteiger charge is -2.26. The Morgan fingerprint density at radius 2 is 2.06 bits per heavy atom. The first kappa shape index (κ1) is 14.3. The molecule has 0 aliphatic carbocycles. The second-order valence-corrected chi connectivity index (χ2v) is 5.16. The van der Waals surface area contributed by atoms with Gasteiger partial charge in [0.15, 0.2) is 0 Å². The van der Waals surface area contributed by atoms with E-state index in [9.17, 15) is 0 Å². The molecule has 1 aromatic carbocycles. The van der Waals surface area contributed by atoms with E-state index >= 15 is 0 Å². The molecule has 0 atom stereocenters. The molecule has 0 heterocycles. The molecule has 17 heavy (non-hydrogen) atoms. The number of nitrogens with one attached hydrogen (secondary N) is 2. The van der Waals surface area contributed by atoms with Crippen LogP contribution in [0.5, 0.6) is 5.75 Å². The van der Waals surface area contributed by atoms with Crippen LogP contribution in [-0.4, -0.2) is 26.2 Å². The third-order valence-corrected chi connectivity index (χ3v) is 2.85. The SMILES string of the molecule is CNCC(C)(C)NCc1cc(Cl)ccc1OC. The average Bonchev–Trinajstić information content (AvgIpc) is 2.27. The highest BCUT2D eigenvalue weighted by Crippen LogP contribution is 2.22. The first-order chi connectivity index (χ1) is 7.98. The van der Waals surface area contributed by atoms with Crippen molar-refractivity contribution in [3.8, 4) is 5.75 Å². The van der Waals surface area contributed by atoms with Crippen LogP contribution in [0, 0.1) is 0 Å². The zero-order valence-corrected chi connectivity index (χ0v) is 11.7. The summed E-state index contributed by atoms with van der Waals surface area (Å²) in [6.45, 7) is 5.94. The van der Waals surface area contributed by atoms with E-state index in [1.807, 2.05) is 25.2 Å². The second-order valence-electron chi connectivity index (χ2n) is 4.72. The van der Waals surface area contributed by atoms with Crippen molar-refractivity contribution in [2.24, 2.45) is 0 Å². The van der Waals surface area contributed by atoms with E-state index in [1.165, 1.54) is 0 Å². The van der Waals surface area contributed by atoms with Gasteiger partial charge in [0.05, 0.1) is 7.11 Å². The Kier molecular flexibility index (Phi) is 5.25. The molecule has 96 valence electrons. The third-order valence-electron chi connectivity index (χ3n) is 2.62. The molecule has 3 nitrogen and oxygen atoms in total. The van der Waals surface area contributed by atoms with E-state index in [0.717, 1.165) is 29.4 Å². The largest absolute Gasteiger partial charge is 0.496 e. The van der Waals surface area contributed by atoms with Crippen LogP contribution in [0.1, 0.15) is 19.4 Å². The van der Waals surface area contributed by atoms with Crippen molar-refractivity contribution in [2.75, 3.05) is 20.7 Å². The molecule has 0 spiro atoms. The topological polar surface area (TPSA) is 33.3 Å². The Balaban J connectivity index is 2.71. The minimum Gasteiger partial charge on any atom is -0.496 e. The number of halogens is 1. The molecule has 1 aromatic rings. The van der Waals surface area contributed by atoms with Gasteiger partial charge in [-0.15, -0.1) is 0 Å².